The van der Waals surface area contributed by atoms with Gasteiger partial charge >= 0.3 is 12.1 Å². The maximum atomic E-state index is 11.9. The highest BCUT2D eigenvalue weighted by Crippen LogP contribution is 2.22. The van der Waals surface area contributed by atoms with Crippen LogP contribution in [0.4, 0.5) is 4.79 Å². The number of hydrogen-bond acceptors (Lipinski definition) is 5. The predicted octanol–water partition coefficient (Wildman–Crippen LogP) is 3.71. The van der Waals surface area contributed by atoms with Crippen molar-refractivity contribution in [2.24, 2.45) is 0 Å². The number of rotatable bonds is 5. The van der Waals surface area contributed by atoms with Crippen LogP contribution in [0.5, 0.6) is 6.01 Å². The maximum Gasteiger partial charge on any atom is 0.407 e. The molecule has 1 saturated carbocycles. The lowest BCUT2D eigenvalue weighted by molar-refractivity contribution is 0.111. The molecular weight excluding hydrogens is 330 g/mol. The SMILES string of the molecule is Cc1cc(C)nc(OC2CCC(NC(=O)OCc3ccccc3)CC2)n1. The van der Waals surface area contributed by atoms with Gasteiger partial charge in [-0.3, -0.25) is 0 Å². The summed E-state index contributed by atoms with van der Waals surface area (Å²) in [5, 5.41) is 2.94. The molecule has 0 spiro atoms. The number of alkyl carbamates (subject to hydrolysis) is 1. The first-order valence-corrected chi connectivity index (χ1v) is 9.04. The number of nitrogens with zero attached hydrogens (tertiary/aromatic N) is 2. The molecule has 1 fully saturated rings. The van der Waals surface area contributed by atoms with Gasteiger partial charge in [0, 0.05) is 17.4 Å². The average molecular weight is 355 g/mol. The van der Waals surface area contributed by atoms with Crippen molar-refractivity contribution in [1.82, 2.24) is 15.3 Å². The lowest BCUT2D eigenvalue weighted by atomic mass is 9.93. The smallest absolute Gasteiger partial charge is 0.407 e. The van der Waals surface area contributed by atoms with E-state index in [-0.39, 0.29) is 24.8 Å². The number of hydrogen-bond donors (Lipinski definition) is 1. The number of nitrogens with one attached hydrogen (secondary N) is 1. The monoisotopic (exact) mass is 355 g/mol. The molecule has 2 aromatic rings. The van der Waals surface area contributed by atoms with E-state index in [1.807, 2.05) is 50.2 Å². The van der Waals surface area contributed by atoms with Crippen LogP contribution in [0.15, 0.2) is 36.4 Å². The number of aryl methyl sites for hydroxylation is 2. The van der Waals surface area contributed by atoms with Crippen LogP contribution in [0.2, 0.25) is 0 Å². The van der Waals surface area contributed by atoms with Crippen molar-refractivity contribution in [3.8, 4) is 6.01 Å². The molecule has 26 heavy (non-hydrogen) atoms. The summed E-state index contributed by atoms with van der Waals surface area (Å²) in [6, 6.07) is 12.2. The van der Waals surface area contributed by atoms with E-state index in [4.69, 9.17) is 9.47 Å². The Bertz CT molecular complexity index is 708. The molecule has 1 N–H and O–H groups in total. The van der Waals surface area contributed by atoms with Gasteiger partial charge in [0.15, 0.2) is 0 Å². The minimum Gasteiger partial charge on any atom is -0.460 e. The summed E-state index contributed by atoms with van der Waals surface area (Å²) >= 11 is 0. The predicted molar refractivity (Wildman–Crippen MR) is 97.9 cm³/mol. The van der Waals surface area contributed by atoms with Crippen LogP contribution in [0.3, 0.4) is 0 Å². The summed E-state index contributed by atoms with van der Waals surface area (Å²) in [4.78, 5) is 20.6. The van der Waals surface area contributed by atoms with Crippen LogP contribution in [-0.4, -0.2) is 28.2 Å². The summed E-state index contributed by atoms with van der Waals surface area (Å²) in [5.74, 6) is 0. The Balaban J connectivity index is 1.40. The highest BCUT2D eigenvalue weighted by Gasteiger charge is 2.24. The van der Waals surface area contributed by atoms with Gasteiger partial charge in [0.05, 0.1) is 0 Å². The quantitative estimate of drug-likeness (QED) is 0.885. The van der Waals surface area contributed by atoms with Gasteiger partial charge in [-0.05, 0) is 51.2 Å². The normalized spacial score (nSPS) is 19.6. The molecule has 0 unspecified atom stereocenters. The molecule has 1 aliphatic rings. The zero-order valence-corrected chi connectivity index (χ0v) is 15.3. The lowest BCUT2D eigenvalue weighted by Crippen LogP contribution is -2.40. The van der Waals surface area contributed by atoms with Crippen molar-refractivity contribution >= 4 is 6.09 Å². The topological polar surface area (TPSA) is 73.3 Å². The van der Waals surface area contributed by atoms with E-state index in [9.17, 15) is 4.79 Å². The van der Waals surface area contributed by atoms with Gasteiger partial charge in [-0.25, -0.2) is 14.8 Å². The van der Waals surface area contributed by atoms with E-state index in [0.29, 0.717) is 6.01 Å². The molecule has 1 aromatic carbocycles. The molecule has 1 heterocycles. The van der Waals surface area contributed by atoms with E-state index in [2.05, 4.69) is 15.3 Å². The highest BCUT2D eigenvalue weighted by molar-refractivity contribution is 5.67. The number of aromatic nitrogens is 2. The number of ether oxygens (including phenoxy) is 2. The fraction of sp³-hybridized carbons (Fsp3) is 0.450. The highest BCUT2D eigenvalue weighted by atomic mass is 16.5. The summed E-state index contributed by atoms with van der Waals surface area (Å²) < 4.78 is 11.2. The molecule has 0 saturated heterocycles. The van der Waals surface area contributed by atoms with Crippen molar-refractivity contribution in [1.29, 1.82) is 0 Å². The van der Waals surface area contributed by atoms with Gasteiger partial charge in [-0.1, -0.05) is 30.3 Å². The maximum absolute atomic E-state index is 11.9. The second-order valence-electron chi connectivity index (χ2n) is 6.73. The van der Waals surface area contributed by atoms with Gasteiger partial charge in [-0.2, -0.15) is 0 Å². The van der Waals surface area contributed by atoms with E-state index >= 15 is 0 Å². The van der Waals surface area contributed by atoms with Crippen molar-refractivity contribution in [3.05, 3.63) is 53.3 Å². The van der Waals surface area contributed by atoms with E-state index in [0.717, 1.165) is 42.6 Å². The van der Waals surface area contributed by atoms with Crippen molar-refractivity contribution < 1.29 is 14.3 Å². The third-order valence-electron chi connectivity index (χ3n) is 4.44. The molecule has 1 aromatic heterocycles. The van der Waals surface area contributed by atoms with E-state index in [1.165, 1.54) is 0 Å². The van der Waals surface area contributed by atoms with E-state index in [1.54, 1.807) is 0 Å². The van der Waals surface area contributed by atoms with Gasteiger partial charge in [0.2, 0.25) is 0 Å². The molecule has 0 radical (unpaired) electrons. The molecule has 0 aliphatic heterocycles. The van der Waals surface area contributed by atoms with Crippen LogP contribution >= 0.6 is 0 Å². The minimum atomic E-state index is -0.365. The lowest BCUT2D eigenvalue weighted by Gasteiger charge is -2.28. The number of carbonyl (C=O) groups is 1. The number of benzene rings is 1. The number of amides is 1. The number of carbonyl (C=O) groups excluding carboxylic acids is 1. The Morgan fingerprint density at radius 3 is 2.38 bits per heavy atom. The van der Waals surface area contributed by atoms with Gasteiger partial charge in [0.25, 0.3) is 0 Å². The molecule has 6 nitrogen and oxygen atoms in total. The molecule has 1 amide bonds. The van der Waals surface area contributed by atoms with Crippen molar-refractivity contribution in [2.75, 3.05) is 0 Å². The zero-order valence-electron chi connectivity index (χ0n) is 15.3. The van der Waals surface area contributed by atoms with Crippen LogP contribution in [0, 0.1) is 13.8 Å². The Morgan fingerprint density at radius 1 is 1.08 bits per heavy atom. The molecule has 0 atom stereocenters. The average Bonchev–Trinajstić information content (AvgIpc) is 2.62. The largest absolute Gasteiger partial charge is 0.460 e. The Morgan fingerprint density at radius 2 is 1.73 bits per heavy atom. The molecule has 3 rings (SSSR count). The van der Waals surface area contributed by atoms with Crippen molar-refractivity contribution in [2.45, 2.75) is 58.3 Å². The summed E-state index contributed by atoms with van der Waals surface area (Å²) in [6.45, 7) is 4.15. The third-order valence-corrected chi connectivity index (χ3v) is 4.44. The second-order valence-corrected chi connectivity index (χ2v) is 6.73. The van der Waals surface area contributed by atoms with Crippen LogP contribution < -0.4 is 10.1 Å². The van der Waals surface area contributed by atoms with Crippen molar-refractivity contribution in [3.63, 3.8) is 0 Å². The fourth-order valence-corrected chi connectivity index (χ4v) is 3.15. The zero-order chi connectivity index (χ0) is 18.4. The summed E-state index contributed by atoms with van der Waals surface area (Å²) in [5.41, 5.74) is 2.79. The van der Waals surface area contributed by atoms with Gasteiger partial charge < -0.3 is 14.8 Å². The van der Waals surface area contributed by atoms with Crippen LogP contribution in [0.1, 0.15) is 42.6 Å². The Hall–Kier alpha value is -2.63. The fourth-order valence-electron chi connectivity index (χ4n) is 3.15. The first-order valence-electron chi connectivity index (χ1n) is 9.04. The van der Waals surface area contributed by atoms with E-state index < -0.39 is 0 Å². The molecule has 138 valence electrons. The van der Waals surface area contributed by atoms with Crippen LogP contribution in [-0.2, 0) is 11.3 Å². The second kappa shape index (κ2) is 8.65. The molecular formula is C20H25N3O3. The Labute approximate surface area is 154 Å². The molecule has 0 bridgehead atoms. The van der Waals surface area contributed by atoms with Gasteiger partial charge in [0.1, 0.15) is 12.7 Å². The van der Waals surface area contributed by atoms with Gasteiger partial charge in [-0.15, -0.1) is 0 Å². The summed E-state index contributed by atoms with van der Waals surface area (Å²) in [6.07, 6.45) is 3.16. The van der Waals surface area contributed by atoms with Crippen LogP contribution in [0.25, 0.3) is 0 Å². The standard InChI is InChI=1S/C20H25N3O3/c1-14-12-15(2)22-19(21-14)26-18-10-8-17(9-11-18)23-20(24)25-13-16-6-4-3-5-7-16/h3-7,12,17-18H,8-11,13H2,1-2H3,(H,23,24). The Kier molecular flexibility index (Phi) is 6.04. The molecule has 6 heteroatoms. The minimum absolute atomic E-state index is 0.0922. The third kappa shape index (κ3) is 5.44. The first kappa shape index (κ1) is 18.2. The summed E-state index contributed by atoms with van der Waals surface area (Å²) in [7, 11) is 0. The molecule has 1 aliphatic carbocycles. The first-order chi connectivity index (χ1) is 12.6.